The summed E-state index contributed by atoms with van der Waals surface area (Å²) in [5.74, 6) is 0. The first-order valence-electron chi connectivity index (χ1n) is 2.36. The van der Waals surface area contributed by atoms with Crippen LogP contribution in [0.4, 0.5) is 0 Å². The first kappa shape index (κ1) is 7.97. The lowest BCUT2D eigenvalue weighted by atomic mass is 10.9. The molecule has 0 N–H and O–H groups in total. The maximum Gasteiger partial charge on any atom is 0.209 e. The van der Waals surface area contributed by atoms with Crippen molar-refractivity contribution in [1.29, 1.82) is 0 Å². The van der Waals surface area contributed by atoms with E-state index >= 15 is 0 Å². The van der Waals surface area contributed by atoms with Gasteiger partial charge in [-0.15, -0.1) is 0 Å². The van der Waals surface area contributed by atoms with E-state index in [1.54, 1.807) is 0 Å². The first-order valence-corrected chi connectivity index (χ1v) is 4.33. The number of hydrogen-bond donors (Lipinski definition) is 0. The second-order valence-electron chi connectivity index (χ2n) is 1.42. The first-order chi connectivity index (χ1) is 4.68. The minimum absolute atomic E-state index is 0.0329. The highest BCUT2D eigenvalue weighted by Crippen LogP contribution is 2.19. The van der Waals surface area contributed by atoms with Crippen LogP contribution in [0.2, 0.25) is 4.47 Å². The van der Waals surface area contributed by atoms with Gasteiger partial charge in [0, 0.05) is 6.92 Å². The fraction of sp³-hybridized carbons (Fsp3) is 0.250. The van der Waals surface area contributed by atoms with Gasteiger partial charge in [-0.3, -0.25) is 4.79 Å². The predicted octanol–water partition coefficient (Wildman–Crippen LogP) is 1.83. The number of nitrogens with zero attached hydrogens (tertiary/aromatic N) is 2. The van der Waals surface area contributed by atoms with Crippen molar-refractivity contribution in [1.82, 2.24) is 9.36 Å². The smallest absolute Gasteiger partial charge is 0.209 e. The van der Waals surface area contributed by atoms with Gasteiger partial charge in [-0.25, -0.2) is 0 Å². The molecule has 0 spiro atoms. The molecule has 0 aliphatic rings. The van der Waals surface area contributed by atoms with E-state index in [1.165, 1.54) is 6.92 Å². The van der Waals surface area contributed by atoms with Gasteiger partial charge in [-0.05, 0) is 34.9 Å². The standard InChI is InChI=1S/C4H3ClN2OS2/c1-2(8)9-4-6-3(5)10-7-4/h1H3. The zero-order valence-electron chi connectivity index (χ0n) is 5.00. The largest absolute Gasteiger partial charge is 0.287 e. The summed E-state index contributed by atoms with van der Waals surface area (Å²) in [6.07, 6.45) is 0. The Morgan fingerprint density at radius 1 is 1.80 bits per heavy atom. The quantitative estimate of drug-likeness (QED) is 0.640. The summed E-state index contributed by atoms with van der Waals surface area (Å²) >= 11 is 7.53. The van der Waals surface area contributed by atoms with Crippen LogP contribution in [-0.4, -0.2) is 14.5 Å². The zero-order valence-corrected chi connectivity index (χ0v) is 7.39. The summed E-state index contributed by atoms with van der Waals surface area (Å²) in [4.78, 5) is 14.2. The van der Waals surface area contributed by atoms with Gasteiger partial charge < -0.3 is 0 Å². The highest BCUT2D eigenvalue weighted by atomic mass is 35.5. The third-order valence-corrected chi connectivity index (χ3v) is 2.18. The van der Waals surface area contributed by atoms with Crippen molar-refractivity contribution >= 4 is 40.0 Å². The Bertz CT molecular complexity index is 249. The van der Waals surface area contributed by atoms with Crippen LogP contribution in [0.1, 0.15) is 6.92 Å². The molecule has 0 saturated carbocycles. The van der Waals surface area contributed by atoms with E-state index in [0.717, 1.165) is 23.3 Å². The van der Waals surface area contributed by atoms with Crippen molar-refractivity contribution in [3.8, 4) is 0 Å². The molecule has 1 aromatic heterocycles. The van der Waals surface area contributed by atoms with Crippen LogP contribution < -0.4 is 0 Å². The van der Waals surface area contributed by atoms with Crippen LogP contribution in [0.3, 0.4) is 0 Å². The Balaban J connectivity index is 2.67. The van der Waals surface area contributed by atoms with Crippen LogP contribution in [0.25, 0.3) is 0 Å². The van der Waals surface area contributed by atoms with E-state index in [4.69, 9.17) is 11.6 Å². The summed E-state index contributed by atoms with van der Waals surface area (Å²) in [7, 11) is 0. The van der Waals surface area contributed by atoms with E-state index < -0.39 is 0 Å². The molecule has 1 heterocycles. The normalized spacial score (nSPS) is 9.80. The topological polar surface area (TPSA) is 42.9 Å². The Morgan fingerprint density at radius 2 is 2.50 bits per heavy atom. The molecule has 0 fully saturated rings. The summed E-state index contributed by atoms with van der Waals surface area (Å²) in [6.45, 7) is 1.46. The van der Waals surface area contributed by atoms with Crippen LogP contribution in [0.15, 0.2) is 5.16 Å². The molecule has 54 valence electrons. The zero-order chi connectivity index (χ0) is 7.56. The number of halogens is 1. The van der Waals surface area contributed by atoms with Crippen LogP contribution in [0, 0.1) is 0 Å². The fourth-order valence-electron chi connectivity index (χ4n) is 0.363. The number of rotatable bonds is 1. The number of aromatic nitrogens is 2. The molecule has 0 amide bonds. The second-order valence-corrected chi connectivity index (χ2v) is 3.90. The Kier molecular flexibility index (Phi) is 2.64. The maximum absolute atomic E-state index is 10.5. The van der Waals surface area contributed by atoms with Crippen molar-refractivity contribution in [2.24, 2.45) is 0 Å². The third kappa shape index (κ3) is 2.24. The van der Waals surface area contributed by atoms with Gasteiger partial charge in [0.05, 0.1) is 0 Å². The molecule has 3 nitrogen and oxygen atoms in total. The maximum atomic E-state index is 10.5. The average Bonchev–Trinajstić information content (AvgIpc) is 2.13. The molecule has 0 aromatic carbocycles. The molecule has 0 aliphatic carbocycles. The van der Waals surface area contributed by atoms with Crippen molar-refractivity contribution in [3.63, 3.8) is 0 Å². The highest BCUT2D eigenvalue weighted by Gasteiger charge is 2.04. The average molecular weight is 195 g/mol. The molecule has 0 saturated heterocycles. The fourth-order valence-corrected chi connectivity index (χ4v) is 1.63. The molecular formula is C4H3ClN2OS2. The van der Waals surface area contributed by atoms with Crippen LogP contribution in [-0.2, 0) is 4.79 Å². The lowest BCUT2D eigenvalue weighted by Crippen LogP contribution is -1.81. The van der Waals surface area contributed by atoms with E-state index in [-0.39, 0.29) is 5.12 Å². The minimum Gasteiger partial charge on any atom is -0.287 e. The molecule has 6 heteroatoms. The Morgan fingerprint density at radius 3 is 2.90 bits per heavy atom. The highest BCUT2D eigenvalue weighted by molar-refractivity contribution is 8.13. The predicted molar refractivity (Wildman–Crippen MR) is 41.5 cm³/mol. The van der Waals surface area contributed by atoms with Gasteiger partial charge in [0.15, 0.2) is 5.12 Å². The van der Waals surface area contributed by atoms with E-state index in [1.807, 2.05) is 0 Å². The van der Waals surface area contributed by atoms with Gasteiger partial charge >= 0.3 is 0 Å². The van der Waals surface area contributed by atoms with Gasteiger partial charge in [0.25, 0.3) is 0 Å². The lowest BCUT2D eigenvalue weighted by molar-refractivity contribution is -0.109. The van der Waals surface area contributed by atoms with Crippen molar-refractivity contribution in [3.05, 3.63) is 4.47 Å². The molecule has 0 aliphatic heterocycles. The van der Waals surface area contributed by atoms with E-state index in [0.29, 0.717) is 9.62 Å². The molecule has 0 atom stereocenters. The number of hydrogen-bond acceptors (Lipinski definition) is 5. The van der Waals surface area contributed by atoms with Crippen molar-refractivity contribution < 1.29 is 4.79 Å². The van der Waals surface area contributed by atoms with Gasteiger partial charge in [-0.2, -0.15) is 9.36 Å². The molecule has 1 aromatic rings. The van der Waals surface area contributed by atoms with Gasteiger partial charge in [0.1, 0.15) is 0 Å². The van der Waals surface area contributed by atoms with Crippen molar-refractivity contribution in [2.45, 2.75) is 12.1 Å². The minimum atomic E-state index is -0.0329. The third-order valence-electron chi connectivity index (χ3n) is 0.618. The Hall–Kier alpha value is -0.130. The molecule has 0 bridgehead atoms. The Labute approximate surface area is 71.0 Å². The monoisotopic (exact) mass is 194 g/mol. The second kappa shape index (κ2) is 3.32. The summed E-state index contributed by atoms with van der Waals surface area (Å²) in [6, 6.07) is 0. The molecular weight excluding hydrogens is 192 g/mol. The van der Waals surface area contributed by atoms with Crippen LogP contribution >= 0.6 is 34.9 Å². The van der Waals surface area contributed by atoms with Crippen LogP contribution in [0.5, 0.6) is 0 Å². The summed E-state index contributed by atoms with van der Waals surface area (Å²) in [5.41, 5.74) is 0. The summed E-state index contributed by atoms with van der Waals surface area (Å²) in [5, 5.41) is 0.400. The molecule has 1 rings (SSSR count). The number of carbonyl (C=O) groups excluding carboxylic acids is 1. The van der Waals surface area contributed by atoms with Crippen molar-refractivity contribution in [2.75, 3.05) is 0 Å². The molecule has 0 radical (unpaired) electrons. The molecule has 10 heavy (non-hydrogen) atoms. The van der Waals surface area contributed by atoms with E-state index in [9.17, 15) is 4.79 Å². The number of thioether (sulfide) groups is 1. The summed E-state index contributed by atoms with van der Waals surface area (Å²) < 4.78 is 4.16. The lowest BCUT2D eigenvalue weighted by Gasteiger charge is -1.83. The van der Waals surface area contributed by atoms with E-state index in [2.05, 4.69) is 9.36 Å². The SMILES string of the molecule is CC(=O)Sc1nsc(Cl)n1. The van der Waals surface area contributed by atoms with Gasteiger partial charge in [-0.1, -0.05) is 0 Å². The van der Waals surface area contributed by atoms with Gasteiger partial charge in [0.2, 0.25) is 9.62 Å². The number of carbonyl (C=O) groups is 1. The molecule has 0 unspecified atom stereocenters.